The van der Waals surface area contributed by atoms with Crippen molar-refractivity contribution in [1.82, 2.24) is 0 Å². The molecule has 6 unspecified atom stereocenters. The van der Waals surface area contributed by atoms with E-state index in [4.69, 9.17) is 47.4 Å². The molecule has 28 atom stereocenters. The Labute approximate surface area is 369 Å². The topological polar surface area (TPSA) is 456 Å². The lowest BCUT2D eigenvalue weighted by Crippen LogP contribution is -2.68. The second kappa shape index (κ2) is 23.2. The zero-order valence-electron chi connectivity index (χ0n) is 34.7. The first-order valence-electron chi connectivity index (χ1n) is 21.3. The molecule has 18 N–H and O–H groups in total. The Balaban J connectivity index is 1.07. The van der Waals surface area contributed by atoms with Crippen molar-refractivity contribution in [2.75, 3.05) is 39.6 Å². The van der Waals surface area contributed by atoms with Crippen LogP contribution >= 0.6 is 0 Å². The summed E-state index contributed by atoms with van der Waals surface area (Å²) in [6, 6.07) is 0. The number of ether oxygens (including phenoxy) is 10. The highest BCUT2D eigenvalue weighted by Crippen LogP contribution is 2.37. The molecule has 28 nitrogen and oxygen atoms in total. The average Bonchev–Trinajstić information content (AvgIpc) is 3.29. The smallest absolute Gasteiger partial charge is 0.187 e. The van der Waals surface area contributed by atoms with Crippen LogP contribution in [0.2, 0.25) is 0 Å². The van der Waals surface area contributed by atoms with Crippen LogP contribution in [0.3, 0.4) is 0 Å². The number of hydrogen-bond donors (Lipinski definition) is 18. The van der Waals surface area contributed by atoms with E-state index in [-0.39, 0.29) is 25.9 Å². The summed E-state index contributed by atoms with van der Waals surface area (Å²) in [7, 11) is 0. The Hall–Kier alpha value is -1.12. The first kappa shape index (κ1) is 53.2. The largest absolute Gasteiger partial charge is 0.396 e. The van der Waals surface area contributed by atoms with Crippen molar-refractivity contribution in [1.29, 1.82) is 0 Å². The lowest BCUT2D eigenvalue weighted by atomic mass is 9.83. The van der Waals surface area contributed by atoms with Crippen LogP contribution in [0, 0.1) is 5.92 Å². The van der Waals surface area contributed by atoms with Gasteiger partial charge in [-0.05, 0) is 18.8 Å². The summed E-state index contributed by atoms with van der Waals surface area (Å²) in [6.07, 6.45) is -46.6. The first-order chi connectivity index (χ1) is 30.9. The molecule has 0 amide bonds. The van der Waals surface area contributed by atoms with Gasteiger partial charge < -0.3 is 139 Å². The predicted molar refractivity (Wildman–Crippen MR) is 200 cm³/mol. The molecule has 1 aliphatic carbocycles. The van der Waals surface area contributed by atoms with Gasteiger partial charge in [0.15, 0.2) is 31.5 Å². The third kappa shape index (κ3) is 11.4. The van der Waals surface area contributed by atoms with E-state index in [2.05, 4.69) is 0 Å². The van der Waals surface area contributed by atoms with Crippen LogP contribution in [0.4, 0.5) is 0 Å². The summed E-state index contributed by atoms with van der Waals surface area (Å²) < 4.78 is 56.1. The van der Waals surface area contributed by atoms with Gasteiger partial charge in [-0.15, -0.1) is 0 Å². The molecule has 0 bridgehead atoms. The third-order valence-electron chi connectivity index (χ3n) is 12.7. The van der Waals surface area contributed by atoms with Gasteiger partial charge in [0.2, 0.25) is 0 Å². The van der Waals surface area contributed by atoms with E-state index in [0.29, 0.717) is 0 Å². The van der Waals surface area contributed by atoms with Gasteiger partial charge in [-0.25, -0.2) is 0 Å². The van der Waals surface area contributed by atoms with Gasteiger partial charge in [-0.2, -0.15) is 0 Å². The van der Waals surface area contributed by atoms with Gasteiger partial charge >= 0.3 is 0 Å². The Morgan fingerprint density at radius 2 is 0.631 bits per heavy atom. The Bertz CT molecular complexity index is 1430. The molecule has 5 heterocycles. The van der Waals surface area contributed by atoms with Crippen LogP contribution < -0.4 is 0 Å². The van der Waals surface area contributed by atoms with Crippen LogP contribution in [-0.2, 0) is 47.4 Å². The van der Waals surface area contributed by atoms with Gasteiger partial charge in [-0.1, -0.05) is 0 Å². The lowest BCUT2D eigenvalue weighted by Gasteiger charge is -2.49. The Morgan fingerprint density at radius 3 is 0.969 bits per heavy atom. The van der Waals surface area contributed by atoms with Crippen LogP contribution in [0.15, 0.2) is 0 Å². The maximum absolute atomic E-state index is 11.2. The van der Waals surface area contributed by atoms with Crippen LogP contribution in [-0.4, -0.2) is 297 Å². The zero-order chi connectivity index (χ0) is 47.6. The summed E-state index contributed by atoms with van der Waals surface area (Å²) in [6.45, 7) is -4.78. The average molecular weight is 957 g/mol. The predicted octanol–water partition coefficient (Wildman–Crippen LogP) is -11.4. The number of hydrogen-bond acceptors (Lipinski definition) is 28. The molecule has 5 aliphatic heterocycles. The van der Waals surface area contributed by atoms with E-state index in [1.165, 1.54) is 0 Å². The summed E-state index contributed by atoms with van der Waals surface area (Å²) in [4.78, 5) is 0. The molecule has 6 rings (SSSR count). The van der Waals surface area contributed by atoms with Crippen molar-refractivity contribution in [2.24, 2.45) is 5.92 Å². The van der Waals surface area contributed by atoms with Crippen LogP contribution in [0.5, 0.6) is 0 Å². The molecule has 0 radical (unpaired) electrons. The molecule has 0 aromatic carbocycles. The normalized spacial score (nSPS) is 52.3. The summed E-state index contributed by atoms with van der Waals surface area (Å²) in [5.74, 6) is -0.470. The van der Waals surface area contributed by atoms with Crippen molar-refractivity contribution < 1.29 is 139 Å². The fourth-order valence-corrected chi connectivity index (χ4v) is 8.98. The quantitative estimate of drug-likeness (QED) is 0.0683. The van der Waals surface area contributed by atoms with Crippen LogP contribution in [0.1, 0.15) is 19.3 Å². The van der Waals surface area contributed by atoms with Gasteiger partial charge in [0.05, 0.1) is 51.3 Å². The number of rotatable bonds is 16. The summed E-state index contributed by atoms with van der Waals surface area (Å²) in [5, 5.41) is 190. The van der Waals surface area contributed by atoms with Gasteiger partial charge in [0.25, 0.3) is 0 Å². The summed E-state index contributed by atoms with van der Waals surface area (Å²) >= 11 is 0. The van der Waals surface area contributed by atoms with Crippen molar-refractivity contribution in [2.45, 2.75) is 185 Å². The second-order valence-corrected chi connectivity index (χ2v) is 17.1. The van der Waals surface area contributed by atoms with E-state index >= 15 is 0 Å². The molecule has 5 saturated heterocycles. The van der Waals surface area contributed by atoms with Gasteiger partial charge in [-0.3, -0.25) is 0 Å². The minimum atomic E-state index is -2.12. The molecule has 0 aromatic heterocycles. The Morgan fingerprint density at radius 1 is 0.308 bits per heavy atom. The Kier molecular flexibility index (Phi) is 19.0. The van der Waals surface area contributed by atoms with Crippen molar-refractivity contribution in [3.05, 3.63) is 0 Å². The second-order valence-electron chi connectivity index (χ2n) is 17.1. The van der Waals surface area contributed by atoms with E-state index in [9.17, 15) is 91.9 Å². The minimum Gasteiger partial charge on any atom is -0.396 e. The molecule has 0 spiro atoms. The fourth-order valence-electron chi connectivity index (χ4n) is 8.98. The highest BCUT2D eigenvalue weighted by Gasteiger charge is 2.56. The summed E-state index contributed by atoms with van der Waals surface area (Å²) in [5.41, 5.74) is 0. The van der Waals surface area contributed by atoms with Crippen molar-refractivity contribution in [3.63, 3.8) is 0 Å². The maximum atomic E-state index is 11.2. The molecular formula is C37H64O28. The standard InChI is InChI=1S/C37H64O28/c38-4-10-1-11(44)20(47)13(2-10)57-30-15(6-40)58-35(25(52)21(30)48)63-32-17(8-42)60-37(27(54)23(32)50)65-33-18(9-43)61-36(28(55)24(33)51)64-31-16(7-41)59-34(26(53)22(31)49)62-29-12(45)3-19(46)56-14(29)5-39/h10-55H,1-9H2/t10-,11+,12-,13?,14-,15-,16-,17-,18-,19?,20-,21-,22-,23-,24-,25-,26-,27-,28-,29+,30-,31-,32-,33-,34?,35?,36?,37?/m1/s1. The maximum Gasteiger partial charge on any atom is 0.187 e. The van der Waals surface area contributed by atoms with Crippen molar-refractivity contribution >= 4 is 0 Å². The number of aliphatic hydroxyl groups excluding tert-OH is 18. The number of aliphatic hydroxyl groups is 18. The van der Waals surface area contributed by atoms with Crippen molar-refractivity contribution in [3.8, 4) is 0 Å². The highest BCUT2D eigenvalue weighted by molar-refractivity contribution is 4.99. The van der Waals surface area contributed by atoms with Gasteiger partial charge in [0, 0.05) is 13.0 Å². The zero-order valence-corrected chi connectivity index (χ0v) is 34.7. The van der Waals surface area contributed by atoms with E-state index in [1.54, 1.807) is 0 Å². The SMILES string of the molecule is OC[C@H]1CC(O[C@H]2[C@H](O)[C@@H](O)C(O[C@H]3[C@H](O)[C@@H](O)C(O[C@H]4[C@H](O)[C@@H](O)C(O[C@H]5[C@H](O)[C@@H](O)C(O[C@H]6[C@H](O)CC(O)O[C@@H]6CO)O[C@@H]5CO)O[C@@H]4CO)O[C@@H]3CO)O[C@@H]2CO)[C@H](O)[C@@H](O)C1. The molecule has 6 aliphatic rings. The van der Waals surface area contributed by atoms with E-state index in [1.807, 2.05) is 0 Å². The van der Waals surface area contributed by atoms with E-state index < -0.39 is 205 Å². The molecule has 6 fully saturated rings. The first-order valence-corrected chi connectivity index (χ1v) is 21.3. The highest BCUT2D eigenvalue weighted by atomic mass is 16.8. The molecule has 0 aromatic rings. The van der Waals surface area contributed by atoms with Crippen LogP contribution in [0.25, 0.3) is 0 Å². The minimum absolute atomic E-state index is 0.0490. The van der Waals surface area contributed by atoms with Gasteiger partial charge in [0.1, 0.15) is 116 Å². The molecular weight excluding hydrogens is 892 g/mol. The fraction of sp³-hybridized carbons (Fsp3) is 1.00. The lowest BCUT2D eigenvalue weighted by molar-refractivity contribution is -0.392. The molecule has 28 heteroatoms. The third-order valence-corrected chi connectivity index (χ3v) is 12.7. The van der Waals surface area contributed by atoms with E-state index in [0.717, 1.165) is 0 Å². The monoisotopic (exact) mass is 956 g/mol. The molecule has 1 saturated carbocycles. The molecule has 380 valence electrons. The molecule has 65 heavy (non-hydrogen) atoms.